The average Bonchev–Trinajstić information content (AvgIpc) is 3.31. The fraction of sp³-hybridized carbons (Fsp3) is 0.200. The molecular formula is C25H24N2O7. The fourth-order valence-corrected chi connectivity index (χ4v) is 3.76. The first-order chi connectivity index (χ1) is 16.5. The van der Waals surface area contributed by atoms with Crippen LogP contribution in [0.3, 0.4) is 0 Å². The van der Waals surface area contributed by atoms with Crippen LogP contribution in [0.25, 0.3) is 10.8 Å². The lowest BCUT2D eigenvalue weighted by atomic mass is 9.96. The molecule has 176 valence electrons. The standard InChI is InChI=1S/C25H24N2O7/c28-20-12-11-19(17-6-4-5-7-18(17)20)21(8-2-1-3-9-24(29)27-31)34-25(30)26-16-10-13-22-23(14-16)33-15-32-22/h3-7,9-14,21,28,31H,1-2,8,15H2,(H,26,30)(H,27,29)/b9-3+/t21-/m1/s1. The van der Waals surface area contributed by atoms with E-state index in [1.807, 2.05) is 18.2 Å². The molecule has 3 aromatic rings. The quantitative estimate of drug-likeness (QED) is 0.163. The summed E-state index contributed by atoms with van der Waals surface area (Å²) in [5.74, 6) is 0.675. The van der Waals surface area contributed by atoms with E-state index in [1.54, 1.807) is 42.5 Å². The Labute approximate surface area is 195 Å². The highest BCUT2D eigenvalue weighted by molar-refractivity contribution is 5.91. The van der Waals surface area contributed by atoms with Gasteiger partial charge in [-0.05, 0) is 42.8 Å². The highest BCUT2D eigenvalue weighted by atomic mass is 16.7. The summed E-state index contributed by atoms with van der Waals surface area (Å²) < 4.78 is 16.4. The number of carbonyl (C=O) groups is 2. The summed E-state index contributed by atoms with van der Waals surface area (Å²) in [6, 6.07) is 15.7. The Morgan fingerprint density at radius 3 is 2.68 bits per heavy atom. The van der Waals surface area contributed by atoms with E-state index < -0.39 is 18.1 Å². The smallest absolute Gasteiger partial charge is 0.412 e. The molecule has 1 aliphatic heterocycles. The Kier molecular flexibility index (Phi) is 7.14. The van der Waals surface area contributed by atoms with Gasteiger partial charge in [-0.1, -0.05) is 36.4 Å². The zero-order valence-corrected chi connectivity index (χ0v) is 18.2. The van der Waals surface area contributed by atoms with Gasteiger partial charge in [0.05, 0.1) is 0 Å². The molecule has 9 heteroatoms. The maximum absolute atomic E-state index is 12.8. The molecule has 0 radical (unpaired) electrons. The van der Waals surface area contributed by atoms with Gasteiger partial charge in [-0.3, -0.25) is 15.3 Å². The van der Waals surface area contributed by atoms with Crippen molar-refractivity contribution in [3.05, 3.63) is 72.3 Å². The molecule has 3 aromatic carbocycles. The van der Waals surface area contributed by atoms with Crippen LogP contribution in [0.1, 0.15) is 30.9 Å². The molecule has 1 aliphatic rings. The van der Waals surface area contributed by atoms with Crippen LogP contribution in [0.5, 0.6) is 17.2 Å². The number of anilines is 1. The number of nitrogens with one attached hydrogen (secondary N) is 2. The van der Waals surface area contributed by atoms with Crippen molar-refractivity contribution in [2.45, 2.75) is 25.4 Å². The van der Waals surface area contributed by atoms with Crippen LogP contribution in [-0.4, -0.2) is 29.1 Å². The van der Waals surface area contributed by atoms with Crippen LogP contribution < -0.4 is 20.3 Å². The first-order valence-corrected chi connectivity index (χ1v) is 10.7. The van der Waals surface area contributed by atoms with Gasteiger partial charge in [-0.25, -0.2) is 10.3 Å². The third kappa shape index (κ3) is 5.38. The number of phenolic OH excluding ortho intramolecular Hbond substituents is 1. The van der Waals surface area contributed by atoms with E-state index in [9.17, 15) is 14.7 Å². The summed E-state index contributed by atoms with van der Waals surface area (Å²) in [7, 11) is 0. The van der Waals surface area contributed by atoms with Gasteiger partial charge < -0.3 is 19.3 Å². The Bertz CT molecular complexity index is 1230. The first kappa shape index (κ1) is 22.9. The average molecular weight is 464 g/mol. The summed E-state index contributed by atoms with van der Waals surface area (Å²) in [6.45, 7) is 0.133. The molecule has 4 N–H and O–H groups in total. The maximum Gasteiger partial charge on any atom is 0.412 e. The minimum Gasteiger partial charge on any atom is -0.507 e. The molecule has 0 saturated carbocycles. The van der Waals surface area contributed by atoms with Gasteiger partial charge in [0, 0.05) is 28.8 Å². The summed E-state index contributed by atoms with van der Waals surface area (Å²) in [4.78, 5) is 23.9. The summed E-state index contributed by atoms with van der Waals surface area (Å²) in [6.07, 6.45) is 3.21. The molecule has 4 rings (SSSR count). The van der Waals surface area contributed by atoms with E-state index in [2.05, 4.69) is 5.32 Å². The molecule has 1 heterocycles. The van der Waals surface area contributed by atoms with Gasteiger partial charge in [0.1, 0.15) is 11.9 Å². The van der Waals surface area contributed by atoms with Gasteiger partial charge in [0.2, 0.25) is 6.79 Å². The Hall–Kier alpha value is -4.24. The maximum atomic E-state index is 12.8. The van der Waals surface area contributed by atoms with Crippen molar-refractivity contribution in [3.8, 4) is 17.2 Å². The third-order valence-corrected chi connectivity index (χ3v) is 5.37. The predicted octanol–water partition coefficient (Wildman–Crippen LogP) is 4.80. The molecule has 0 aromatic heterocycles. The number of aromatic hydroxyl groups is 1. The predicted molar refractivity (Wildman–Crippen MR) is 124 cm³/mol. The summed E-state index contributed by atoms with van der Waals surface area (Å²) in [5, 5.41) is 23.0. The molecule has 0 unspecified atom stereocenters. The molecule has 0 fully saturated rings. The van der Waals surface area contributed by atoms with E-state index in [-0.39, 0.29) is 12.5 Å². The number of hydrogen-bond acceptors (Lipinski definition) is 7. The lowest BCUT2D eigenvalue weighted by Crippen LogP contribution is -2.18. The van der Waals surface area contributed by atoms with E-state index in [0.717, 1.165) is 10.9 Å². The molecule has 2 amide bonds. The number of rotatable bonds is 8. The highest BCUT2D eigenvalue weighted by Gasteiger charge is 2.21. The molecule has 0 bridgehead atoms. The van der Waals surface area contributed by atoms with Crippen LogP contribution >= 0.6 is 0 Å². The molecular weight excluding hydrogens is 440 g/mol. The van der Waals surface area contributed by atoms with Crippen molar-refractivity contribution in [2.24, 2.45) is 0 Å². The number of fused-ring (bicyclic) bond motifs is 2. The highest BCUT2D eigenvalue weighted by Crippen LogP contribution is 2.36. The number of ether oxygens (including phenoxy) is 3. The van der Waals surface area contributed by atoms with Gasteiger partial charge in [0.25, 0.3) is 5.91 Å². The molecule has 0 saturated heterocycles. The zero-order chi connectivity index (χ0) is 23.9. The largest absolute Gasteiger partial charge is 0.507 e. The number of amides is 2. The number of benzene rings is 3. The number of allylic oxidation sites excluding steroid dienone is 1. The van der Waals surface area contributed by atoms with Gasteiger partial charge in [0.15, 0.2) is 11.5 Å². The Morgan fingerprint density at radius 2 is 1.85 bits per heavy atom. The van der Waals surface area contributed by atoms with E-state index >= 15 is 0 Å². The third-order valence-electron chi connectivity index (χ3n) is 5.37. The van der Waals surface area contributed by atoms with Gasteiger partial charge >= 0.3 is 6.09 Å². The molecule has 1 atom stereocenters. The van der Waals surface area contributed by atoms with Crippen LogP contribution in [-0.2, 0) is 9.53 Å². The van der Waals surface area contributed by atoms with E-state index in [4.69, 9.17) is 19.4 Å². The Balaban J connectivity index is 1.51. The van der Waals surface area contributed by atoms with Crippen LogP contribution in [0.2, 0.25) is 0 Å². The summed E-state index contributed by atoms with van der Waals surface area (Å²) >= 11 is 0. The number of hydroxylamine groups is 1. The van der Waals surface area contributed by atoms with Gasteiger partial charge in [-0.2, -0.15) is 0 Å². The molecule has 34 heavy (non-hydrogen) atoms. The minimum atomic E-state index is -0.642. The topological polar surface area (TPSA) is 126 Å². The molecule has 0 spiro atoms. The SMILES string of the molecule is O=C(/C=C/CCC[C@@H](OC(=O)Nc1ccc2c(c1)OCO2)c1ccc(O)c2ccccc12)NO. The van der Waals surface area contributed by atoms with Crippen LogP contribution in [0.4, 0.5) is 10.5 Å². The second kappa shape index (κ2) is 10.6. The van der Waals surface area contributed by atoms with Gasteiger partial charge in [-0.15, -0.1) is 0 Å². The normalized spacial score (nSPS) is 13.1. The first-order valence-electron chi connectivity index (χ1n) is 10.7. The second-order valence-electron chi connectivity index (χ2n) is 7.62. The number of phenols is 1. The monoisotopic (exact) mass is 464 g/mol. The van der Waals surface area contributed by atoms with Crippen molar-refractivity contribution < 1.29 is 34.1 Å². The van der Waals surface area contributed by atoms with Crippen molar-refractivity contribution in [3.63, 3.8) is 0 Å². The molecule has 0 aliphatic carbocycles. The summed E-state index contributed by atoms with van der Waals surface area (Å²) in [5.41, 5.74) is 2.79. The number of hydrogen-bond donors (Lipinski definition) is 4. The fourth-order valence-electron chi connectivity index (χ4n) is 3.76. The van der Waals surface area contributed by atoms with Crippen molar-refractivity contribution in [1.29, 1.82) is 0 Å². The number of unbranched alkanes of at least 4 members (excludes halogenated alkanes) is 1. The van der Waals surface area contributed by atoms with Crippen LogP contribution in [0.15, 0.2) is 66.7 Å². The van der Waals surface area contributed by atoms with E-state index in [1.165, 1.54) is 11.6 Å². The Morgan fingerprint density at radius 1 is 1.06 bits per heavy atom. The zero-order valence-electron chi connectivity index (χ0n) is 18.2. The number of carbonyl (C=O) groups excluding carboxylic acids is 2. The second-order valence-corrected chi connectivity index (χ2v) is 7.62. The van der Waals surface area contributed by atoms with Crippen molar-refractivity contribution in [1.82, 2.24) is 5.48 Å². The lowest BCUT2D eigenvalue weighted by Gasteiger charge is -2.21. The van der Waals surface area contributed by atoms with Crippen molar-refractivity contribution >= 4 is 28.5 Å². The molecule has 9 nitrogen and oxygen atoms in total. The van der Waals surface area contributed by atoms with E-state index in [0.29, 0.717) is 41.8 Å². The van der Waals surface area contributed by atoms with Crippen molar-refractivity contribution in [2.75, 3.05) is 12.1 Å². The minimum absolute atomic E-state index is 0.133. The lowest BCUT2D eigenvalue weighted by molar-refractivity contribution is -0.124. The van der Waals surface area contributed by atoms with Crippen LogP contribution in [0, 0.1) is 0 Å².